The quantitative estimate of drug-likeness (QED) is 0.512. The van der Waals surface area contributed by atoms with Gasteiger partial charge in [-0.2, -0.15) is 0 Å². The Morgan fingerprint density at radius 2 is 2.19 bits per heavy atom. The van der Waals surface area contributed by atoms with Crippen LogP contribution in [0.1, 0.15) is 11.1 Å². The van der Waals surface area contributed by atoms with E-state index in [1.807, 2.05) is 23.1 Å². The molecule has 2 N–H and O–H groups in total. The van der Waals surface area contributed by atoms with Crippen LogP contribution in [0.15, 0.2) is 35.1 Å². The molecule has 108 valence electrons. The van der Waals surface area contributed by atoms with Gasteiger partial charge in [0.05, 0.1) is 9.40 Å². The summed E-state index contributed by atoms with van der Waals surface area (Å²) in [6.07, 6.45) is 3.64. The first kappa shape index (κ1) is 13.8. The second-order valence-electron chi connectivity index (χ2n) is 4.90. The number of pyridine rings is 1. The van der Waals surface area contributed by atoms with Crippen molar-refractivity contribution in [2.45, 2.75) is 13.0 Å². The number of halogens is 1. The lowest BCUT2D eigenvalue weighted by Crippen LogP contribution is -2.31. The minimum absolute atomic E-state index is 0.0109. The Morgan fingerprint density at radius 1 is 1.38 bits per heavy atom. The van der Waals surface area contributed by atoms with Crippen LogP contribution >= 0.6 is 15.9 Å². The van der Waals surface area contributed by atoms with E-state index >= 15 is 0 Å². The van der Waals surface area contributed by atoms with Gasteiger partial charge < -0.3 is 10.6 Å². The minimum Gasteiger partial charge on any atom is -0.398 e. The van der Waals surface area contributed by atoms with Crippen LogP contribution in [0.3, 0.4) is 0 Å². The molecule has 0 amide bonds. The number of nitrogens with two attached hydrogens (primary N) is 1. The molecule has 0 radical (unpaired) electrons. The molecule has 0 saturated carbocycles. The molecule has 7 heteroatoms. The van der Waals surface area contributed by atoms with Crippen molar-refractivity contribution in [3.8, 4) is 0 Å². The summed E-state index contributed by atoms with van der Waals surface area (Å²) in [6, 6.07) is 5.81. The number of rotatable bonds is 2. The summed E-state index contributed by atoms with van der Waals surface area (Å²) >= 11 is 3.37. The molecular formula is C14H13BrN4O2. The van der Waals surface area contributed by atoms with Crippen LogP contribution in [-0.4, -0.2) is 16.5 Å². The molecule has 21 heavy (non-hydrogen) atoms. The van der Waals surface area contributed by atoms with Crippen LogP contribution in [0.4, 0.5) is 17.1 Å². The number of anilines is 2. The number of benzene rings is 1. The predicted octanol–water partition coefficient (Wildman–Crippen LogP) is 2.90. The number of nitro groups is 1. The van der Waals surface area contributed by atoms with Crippen molar-refractivity contribution < 1.29 is 4.92 Å². The molecule has 2 aromatic rings. The molecule has 1 aromatic carbocycles. The van der Waals surface area contributed by atoms with Crippen molar-refractivity contribution in [1.82, 2.24) is 4.98 Å². The summed E-state index contributed by atoms with van der Waals surface area (Å²) in [6.45, 7) is 1.29. The molecule has 6 nitrogen and oxygen atoms in total. The Hall–Kier alpha value is -2.15. The zero-order valence-electron chi connectivity index (χ0n) is 11.1. The van der Waals surface area contributed by atoms with E-state index in [2.05, 4.69) is 20.9 Å². The highest BCUT2D eigenvalue weighted by Crippen LogP contribution is 2.37. The van der Waals surface area contributed by atoms with Gasteiger partial charge in [-0.05, 0) is 39.5 Å². The van der Waals surface area contributed by atoms with Gasteiger partial charge in [0.15, 0.2) is 0 Å². The number of nitrogens with zero attached hydrogens (tertiary/aromatic N) is 3. The van der Waals surface area contributed by atoms with Crippen LogP contribution in [0.25, 0.3) is 0 Å². The van der Waals surface area contributed by atoms with Gasteiger partial charge in [-0.25, -0.2) is 0 Å². The number of aromatic nitrogens is 1. The lowest BCUT2D eigenvalue weighted by atomic mass is 9.97. The second kappa shape index (κ2) is 5.33. The molecule has 0 aliphatic carbocycles. The van der Waals surface area contributed by atoms with Crippen molar-refractivity contribution in [2.75, 3.05) is 17.2 Å². The average Bonchev–Trinajstić information content (AvgIpc) is 2.46. The highest BCUT2D eigenvalue weighted by molar-refractivity contribution is 9.10. The van der Waals surface area contributed by atoms with Crippen LogP contribution < -0.4 is 10.6 Å². The van der Waals surface area contributed by atoms with Gasteiger partial charge in [-0.3, -0.25) is 15.1 Å². The Kier molecular flexibility index (Phi) is 3.50. The molecule has 2 heterocycles. The van der Waals surface area contributed by atoms with Crippen molar-refractivity contribution in [1.29, 1.82) is 0 Å². The monoisotopic (exact) mass is 348 g/mol. The summed E-state index contributed by atoms with van der Waals surface area (Å²) in [5.74, 6) is 0. The van der Waals surface area contributed by atoms with Gasteiger partial charge in [0.1, 0.15) is 11.9 Å². The van der Waals surface area contributed by atoms with Gasteiger partial charge in [-0.15, -0.1) is 0 Å². The summed E-state index contributed by atoms with van der Waals surface area (Å²) in [5.41, 5.74) is 9.61. The topological polar surface area (TPSA) is 85.3 Å². The second-order valence-corrected chi connectivity index (χ2v) is 5.76. The maximum absolute atomic E-state index is 11.2. The Balaban J connectivity index is 2.03. The van der Waals surface area contributed by atoms with E-state index in [1.165, 1.54) is 6.20 Å². The first-order valence-electron chi connectivity index (χ1n) is 6.47. The first-order chi connectivity index (χ1) is 10.1. The van der Waals surface area contributed by atoms with E-state index in [1.54, 1.807) is 6.20 Å². The molecule has 1 aliphatic rings. The standard InChI is InChI=1S/C14H13BrN4O2/c15-11-6-17-7-13(19(20)21)14(11)18-5-4-10-9(8-18)2-1-3-12(10)16/h1-3,6-7H,4-5,8,16H2. The summed E-state index contributed by atoms with van der Waals surface area (Å²) in [5, 5.41) is 11.2. The van der Waals surface area contributed by atoms with Crippen LogP contribution in [-0.2, 0) is 13.0 Å². The number of fused-ring (bicyclic) bond motifs is 1. The molecule has 1 aromatic heterocycles. The third-order valence-corrected chi connectivity index (χ3v) is 4.25. The van der Waals surface area contributed by atoms with Gasteiger partial charge in [-0.1, -0.05) is 12.1 Å². The summed E-state index contributed by atoms with van der Waals surface area (Å²) < 4.78 is 0.629. The highest BCUT2D eigenvalue weighted by atomic mass is 79.9. The zero-order chi connectivity index (χ0) is 15.0. The van der Waals surface area contributed by atoms with E-state index in [4.69, 9.17) is 5.73 Å². The van der Waals surface area contributed by atoms with Crippen LogP contribution in [0.5, 0.6) is 0 Å². The van der Waals surface area contributed by atoms with Gasteiger partial charge >= 0.3 is 5.69 Å². The molecule has 0 bridgehead atoms. The van der Waals surface area contributed by atoms with E-state index in [0.717, 1.165) is 23.2 Å². The van der Waals surface area contributed by atoms with E-state index < -0.39 is 4.92 Å². The van der Waals surface area contributed by atoms with Crippen molar-refractivity contribution in [3.63, 3.8) is 0 Å². The largest absolute Gasteiger partial charge is 0.398 e. The molecule has 1 aliphatic heterocycles. The first-order valence-corrected chi connectivity index (χ1v) is 7.26. The molecule has 0 atom stereocenters. The molecule has 0 unspecified atom stereocenters. The summed E-state index contributed by atoms with van der Waals surface area (Å²) in [7, 11) is 0. The summed E-state index contributed by atoms with van der Waals surface area (Å²) in [4.78, 5) is 16.7. The van der Waals surface area contributed by atoms with Crippen molar-refractivity contribution >= 4 is 33.0 Å². The normalized spacial score (nSPS) is 13.9. The van der Waals surface area contributed by atoms with Gasteiger partial charge in [0, 0.05) is 25.0 Å². The fourth-order valence-corrected chi connectivity index (χ4v) is 3.27. The van der Waals surface area contributed by atoms with E-state index in [9.17, 15) is 10.1 Å². The fourth-order valence-electron chi connectivity index (χ4n) is 2.69. The minimum atomic E-state index is -0.401. The average molecular weight is 349 g/mol. The maximum Gasteiger partial charge on any atom is 0.311 e. The Morgan fingerprint density at radius 3 is 2.95 bits per heavy atom. The molecule has 0 spiro atoms. The van der Waals surface area contributed by atoms with Crippen molar-refractivity contribution in [3.05, 3.63) is 56.3 Å². The van der Waals surface area contributed by atoms with E-state index in [-0.39, 0.29) is 5.69 Å². The lowest BCUT2D eigenvalue weighted by molar-refractivity contribution is -0.384. The number of nitrogen functional groups attached to an aromatic ring is 1. The molecule has 3 rings (SSSR count). The Labute approximate surface area is 129 Å². The smallest absolute Gasteiger partial charge is 0.311 e. The fraction of sp³-hybridized carbons (Fsp3) is 0.214. The molecular weight excluding hydrogens is 336 g/mol. The number of hydrogen-bond donors (Lipinski definition) is 1. The van der Waals surface area contributed by atoms with Gasteiger partial charge in [0.2, 0.25) is 0 Å². The lowest BCUT2D eigenvalue weighted by Gasteiger charge is -2.31. The predicted molar refractivity (Wildman–Crippen MR) is 84.2 cm³/mol. The van der Waals surface area contributed by atoms with Crippen LogP contribution in [0.2, 0.25) is 0 Å². The third-order valence-electron chi connectivity index (χ3n) is 3.67. The maximum atomic E-state index is 11.2. The van der Waals surface area contributed by atoms with Gasteiger partial charge in [0.25, 0.3) is 0 Å². The SMILES string of the molecule is Nc1cccc2c1CCN(c1c(Br)cncc1[N+](=O)[O-])C2. The Bertz CT molecular complexity index is 720. The van der Waals surface area contributed by atoms with Crippen LogP contribution in [0, 0.1) is 10.1 Å². The molecule has 0 saturated heterocycles. The third kappa shape index (κ3) is 2.44. The molecule has 0 fully saturated rings. The number of hydrogen-bond acceptors (Lipinski definition) is 5. The van der Waals surface area contributed by atoms with Crippen molar-refractivity contribution in [2.24, 2.45) is 0 Å². The highest BCUT2D eigenvalue weighted by Gasteiger charge is 2.26. The van der Waals surface area contributed by atoms with E-state index in [0.29, 0.717) is 23.2 Å². The zero-order valence-corrected chi connectivity index (χ0v) is 12.7.